The minimum absolute atomic E-state index is 0.00791. The van der Waals surface area contributed by atoms with Crippen molar-refractivity contribution >= 4 is 28.6 Å². The van der Waals surface area contributed by atoms with E-state index in [1.807, 2.05) is 13.1 Å². The molecule has 0 spiro atoms. The van der Waals surface area contributed by atoms with Crippen LogP contribution in [0.25, 0.3) is 11.2 Å². The van der Waals surface area contributed by atoms with Crippen molar-refractivity contribution in [3.63, 3.8) is 0 Å². The third-order valence-electron chi connectivity index (χ3n) is 4.41. The molecule has 1 aliphatic carbocycles. The number of carbonyl (C=O) groups is 1. The number of nitrogens with zero attached hydrogens (tertiary/aromatic N) is 7. The van der Waals surface area contributed by atoms with Crippen molar-refractivity contribution < 1.29 is 4.79 Å². The zero-order chi connectivity index (χ0) is 18.8. The fourth-order valence-electron chi connectivity index (χ4n) is 2.79. The summed E-state index contributed by atoms with van der Waals surface area (Å²) in [5.74, 6) is 1.25. The van der Waals surface area contributed by atoms with Gasteiger partial charge in [-0.2, -0.15) is 10.4 Å². The Morgan fingerprint density at radius 2 is 2.19 bits per heavy atom. The number of rotatable bonds is 6. The van der Waals surface area contributed by atoms with Gasteiger partial charge >= 0.3 is 0 Å². The standard InChI is InChI=1S/C18H18N8O/c1-25(10-12-2-3-12)16-9-21-15-8-22-26(18(15)24-16)11-17(27)23-14-5-4-13(6-19)20-7-14/h4-5,7-9,12H,2-3,10-11H2,1H3,(H,23,27). The maximum Gasteiger partial charge on any atom is 0.246 e. The second-order valence-electron chi connectivity index (χ2n) is 6.66. The van der Waals surface area contributed by atoms with Crippen molar-refractivity contribution in [1.82, 2.24) is 24.7 Å². The second-order valence-corrected chi connectivity index (χ2v) is 6.66. The largest absolute Gasteiger partial charge is 0.358 e. The lowest BCUT2D eigenvalue weighted by Crippen LogP contribution is -2.22. The number of nitrogens with one attached hydrogen (secondary N) is 1. The number of fused-ring (bicyclic) bond motifs is 1. The van der Waals surface area contributed by atoms with E-state index in [0.717, 1.165) is 18.3 Å². The molecule has 136 valence electrons. The Labute approximate surface area is 155 Å². The predicted octanol–water partition coefficient (Wildman–Crippen LogP) is 1.58. The molecule has 0 atom stereocenters. The Morgan fingerprint density at radius 3 is 2.89 bits per heavy atom. The molecule has 0 bridgehead atoms. The number of carbonyl (C=O) groups excluding carboxylic acids is 1. The Balaban J connectivity index is 1.48. The molecule has 1 fully saturated rings. The highest BCUT2D eigenvalue weighted by atomic mass is 16.2. The predicted molar refractivity (Wildman–Crippen MR) is 98.9 cm³/mol. The van der Waals surface area contributed by atoms with Crippen LogP contribution < -0.4 is 10.2 Å². The van der Waals surface area contributed by atoms with E-state index >= 15 is 0 Å². The molecule has 3 heterocycles. The van der Waals surface area contributed by atoms with Gasteiger partial charge in [-0.25, -0.2) is 19.6 Å². The van der Waals surface area contributed by atoms with Gasteiger partial charge in [-0.15, -0.1) is 0 Å². The van der Waals surface area contributed by atoms with Gasteiger partial charge in [0.2, 0.25) is 5.91 Å². The summed E-state index contributed by atoms with van der Waals surface area (Å²) in [7, 11) is 2.00. The van der Waals surface area contributed by atoms with E-state index < -0.39 is 0 Å². The first kappa shape index (κ1) is 16.9. The first-order valence-electron chi connectivity index (χ1n) is 8.68. The number of anilines is 2. The first-order chi connectivity index (χ1) is 13.1. The summed E-state index contributed by atoms with van der Waals surface area (Å²) >= 11 is 0. The minimum atomic E-state index is -0.259. The summed E-state index contributed by atoms with van der Waals surface area (Å²) in [5.41, 5.74) is 2.03. The summed E-state index contributed by atoms with van der Waals surface area (Å²) < 4.78 is 1.53. The van der Waals surface area contributed by atoms with Gasteiger partial charge in [0.15, 0.2) is 5.65 Å². The van der Waals surface area contributed by atoms with Crippen LogP contribution >= 0.6 is 0 Å². The summed E-state index contributed by atoms with van der Waals surface area (Å²) in [6.07, 6.45) is 7.32. The lowest BCUT2D eigenvalue weighted by Gasteiger charge is -2.17. The quantitative estimate of drug-likeness (QED) is 0.708. The Morgan fingerprint density at radius 1 is 1.33 bits per heavy atom. The number of pyridine rings is 1. The lowest BCUT2D eigenvalue weighted by atomic mass is 10.3. The van der Waals surface area contributed by atoms with Gasteiger partial charge in [-0.1, -0.05) is 0 Å². The van der Waals surface area contributed by atoms with E-state index in [1.54, 1.807) is 24.5 Å². The summed E-state index contributed by atoms with van der Waals surface area (Å²) in [5, 5.41) is 15.7. The van der Waals surface area contributed by atoms with Gasteiger partial charge in [0.05, 0.1) is 24.3 Å². The Bertz CT molecular complexity index is 1020. The Hall–Kier alpha value is -3.54. The molecule has 3 aromatic rings. The highest BCUT2D eigenvalue weighted by molar-refractivity contribution is 5.91. The van der Waals surface area contributed by atoms with Gasteiger partial charge in [0, 0.05) is 13.6 Å². The van der Waals surface area contributed by atoms with Crippen LogP contribution in [0.2, 0.25) is 0 Å². The molecule has 9 nitrogen and oxygen atoms in total. The molecule has 9 heteroatoms. The van der Waals surface area contributed by atoms with Crippen molar-refractivity contribution in [2.75, 3.05) is 23.8 Å². The number of aromatic nitrogens is 5. The van der Waals surface area contributed by atoms with E-state index in [9.17, 15) is 4.79 Å². The smallest absolute Gasteiger partial charge is 0.246 e. The van der Waals surface area contributed by atoms with Crippen LogP contribution in [0.3, 0.4) is 0 Å². The van der Waals surface area contributed by atoms with Crippen molar-refractivity contribution in [1.29, 1.82) is 5.26 Å². The van der Waals surface area contributed by atoms with Gasteiger partial charge in [0.25, 0.3) is 0 Å². The summed E-state index contributed by atoms with van der Waals surface area (Å²) in [6, 6.07) is 5.12. The average molecular weight is 362 g/mol. The molecular weight excluding hydrogens is 344 g/mol. The third kappa shape index (κ3) is 3.84. The normalized spacial score (nSPS) is 13.3. The van der Waals surface area contributed by atoms with Crippen molar-refractivity contribution in [2.45, 2.75) is 19.4 Å². The summed E-state index contributed by atoms with van der Waals surface area (Å²) in [6.45, 7) is 0.967. The van der Waals surface area contributed by atoms with E-state index in [1.165, 1.54) is 23.7 Å². The molecule has 1 N–H and O–H groups in total. The van der Waals surface area contributed by atoms with Crippen LogP contribution in [-0.4, -0.2) is 44.2 Å². The van der Waals surface area contributed by atoms with Crippen LogP contribution in [0.1, 0.15) is 18.5 Å². The van der Waals surface area contributed by atoms with Crippen LogP contribution in [0.4, 0.5) is 11.5 Å². The highest BCUT2D eigenvalue weighted by Gasteiger charge is 2.23. The van der Waals surface area contributed by atoms with Crippen LogP contribution in [0.5, 0.6) is 0 Å². The number of hydrogen-bond acceptors (Lipinski definition) is 7. The molecule has 0 radical (unpaired) electrons. The molecule has 0 aliphatic heterocycles. The van der Waals surface area contributed by atoms with E-state index in [4.69, 9.17) is 5.26 Å². The van der Waals surface area contributed by atoms with Crippen molar-refractivity contribution in [3.8, 4) is 6.07 Å². The monoisotopic (exact) mass is 362 g/mol. The first-order valence-corrected chi connectivity index (χ1v) is 8.68. The fourth-order valence-corrected chi connectivity index (χ4v) is 2.79. The zero-order valence-electron chi connectivity index (χ0n) is 14.8. The van der Waals surface area contributed by atoms with Gasteiger partial charge in [0.1, 0.15) is 29.6 Å². The molecule has 0 aromatic carbocycles. The lowest BCUT2D eigenvalue weighted by molar-refractivity contribution is -0.116. The molecule has 0 unspecified atom stereocenters. The van der Waals surface area contributed by atoms with E-state index in [-0.39, 0.29) is 12.5 Å². The molecular formula is C18H18N8O. The maximum atomic E-state index is 12.3. The van der Waals surface area contributed by atoms with E-state index in [2.05, 4.69) is 30.3 Å². The number of hydrogen-bond donors (Lipinski definition) is 1. The number of amides is 1. The summed E-state index contributed by atoms with van der Waals surface area (Å²) in [4.78, 5) is 27.4. The van der Waals surface area contributed by atoms with Gasteiger partial charge < -0.3 is 10.2 Å². The molecule has 1 saturated carbocycles. The third-order valence-corrected chi connectivity index (χ3v) is 4.41. The number of nitriles is 1. The van der Waals surface area contributed by atoms with Crippen molar-refractivity contribution in [3.05, 3.63) is 36.4 Å². The molecule has 1 aliphatic rings. The van der Waals surface area contributed by atoms with Gasteiger partial charge in [-0.05, 0) is 30.9 Å². The molecule has 27 heavy (non-hydrogen) atoms. The molecule has 4 rings (SSSR count). The highest BCUT2D eigenvalue weighted by Crippen LogP contribution is 2.30. The molecule has 1 amide bonds. The zero-order valence-corrected chi connectivity index (χ0v) is 14.8. The van der Waals surface area contributed by atoms with Crippen LogP contribution in [-0.2, 0) is 11.3 Å². The van der Waals surface area contributed by atoms with Crippen LogP contribution in [0, 0.1) is 17.2 Å². The SMILES string of the molecule is CN(CC1CC1)c1cnc2cnn(CC(=O)Nc3ccc(C#N)nc3)c2n1. The second kappa shape index (κ2) is 6.99. The topological polar surface area (TPSA) is 113 Å². The van der Waals surface area contributed by atoms with Crippen LogP contribution in [0.15, 0.2) is 30.7 Å². The molecule has 3 aromatic heterocycles. The maximum absolute atomic E-state index is 12.3. The average Bonchev–Trinajstić information content (AvgIpc) is 3.41. The van der Waals surface area contributed by atoms with E-state index in [0.29, 0.717) is 22.5 Å². The molecule has 0 saturated heterocycles. The minimum Gasteiger partial charge on any atom is -0.358 e. The Kier molecular flexibility index (Phi) is 4.38. The van der Waals surface area contributed by atoms with Crippen molar-refractivity contribution in [2.24, 2.45) is 5.92 Å². The fraction of sp³-hybridized carbons (Fsp3) is 0.333. The van der Waals surface area contributed by atoms with Gasteiger partial charge in [-0.3, -0.25) is 4.79 Å².